The van der Waals surface area contributed by atoms with Crippen LogP contribution in [0.5, 0.6) is 0 Å². The summed E-state index contributed by atoms with van der Waals surface area (Å²) in [5.41, 5.74) is -0.673. The number of ether oxygens (including phenoxy) is 6. The van der Waals surface area contributed by atoms with E-state index in [1.807, 2.05) is 0 Å². The molecule has 3 spiro atoms. The van der Waals surface area contributed by atoms with Gasteiger partial charge in [-0.2, -0.15) is 0 Å². The Balaban J connectivity index is 1.17. The lowest BCUT2D eigenvalue weighted by Gasteiger charge is -2.46. The summed E-state index contributed by atoms with van der Waals surface area (Å²) in [7, 11) is 0. The normalized spacial score (nSPS) is 29.0. The number of allylic oxidation sites excluding steroid dienone is 8. The molecule has 2 saturated carbocycles. The van der Waals surface area contributed by atoms with Gasteiger partial charge >= 0.3 is 23.9 Å². The molecule has 44 heavy (non-hydrogen) atoms. The van der Waals surface area contributed by atoms with Gasteiger partial charge in [0.2, 0.25) is 0 Å². The first-order chi connectivity index (χ1) is 21.1. The zero-order valence-corrected chi connectivity index (χ0v) is 23.8. The Hall–Kier alpha value is -5.00. The third-order valence-corrected chi connectivity index (χ3v) is 7.78. The number of hydrogen-bond acceptors (Lipinski definition) is 12. The number of aliphatic hydroxyl groups is 2. The van der Waals surface area contributed by atoms with E-state index in [9.17, 15) is 29.4 Å². The minimum Gasteiger partial charge on any atom is -0.480 e. The first-order valence-electron chi connectivity index (χ1n) is 14.3. The number of aliphatic hydroxyl groups excluding tert-OH is 2. The lowest BCUT2D eigenvalue weighted by Crippen LogP contribution is -2.54. The maximum atomic E-state index is 12.7. The lowest BCUT2D eigenvalue weighted by molar-refractivity contribution is -0.297. The maximum Gasteiger partial charge on any atom is 0.348 e. The summed E-state index contributed by atoms with van der Waals surface area (Å²) in [6.45, 7) is 3.54. The molecule has 12 nitrogen and oxygen atoms in total. The van der Waals surface area contributed by atoms with E-state index in [1.165, 1.54) is 42.5 Å². The van der Waals surface area contributed by atoms with Gasteiger partial charge in [0, 0.05) is 38.5 Å². The van der Waals surface area contributed by atoms with Crippen LogP contribution in [-0.4, -0.2) is 51.5 Å². The van der Waals surface area contributed by atoms with E-state index in [-0.39, 0.29) is 42.4 Å². The van der Waals surface area contributed by atoms with Crippen molar-refractivity contribution >= 4 is 23.9 Å². The van der Waals surface area contributed by atoms with Crippen LogP contribution >= 0.6 is 0 Å². The third kappa shape index (κ3) is 6.34. The van der Waals surface area contributed by atoms with Crippen LogP contribution in [0, 0.1) is 0 Å². The molecule has 0 atom stereocenters. The van der Waals surface area contributed by atoms with E-state index >= 15 is 0 Å². The van der Waals surface area contributed by atoms with Crippen molar-refractivity contribution in [2.75, 3.05) is 0 Å². The van der Waals surface area contributed by atoms with E-state index < -0.39 is 53.1 Å². The molecular weight excluding hydrogens is 576 g/mol. The molecule has 0 unspecified atom stereocenters. The summed E-state index contributed by atoms with van der Waals surface area (Å²) in [6.07, 6.45) is 17.9. The van der Waals surface area contributed by atoms with Gasteiger partial charge in [-0.3, -0.25) is 0 Å². The Morgan fingerprint density at radius 1 is 0.523 bits per heavy atom. The van der Waals surface area contributed by atoms with Gasteiger partial charge in [0.15, 0.2) is 0 Å². The van der Waals surface area contributed by atoms with Gasteiger partial charge in [0.25, 0.3) is 29.3 Å². The minimum absolute atomic E-state index is 0.0174. The molecule has 3 heterocycles. The van der Waals surface area contributed by atoms with Crippen molar-refractivity contribution in [2.24, 2.45) is 0 Å². The summed E-state index contributed by atoms with van der Waals surface area (Å²) in [5.74, 6) is -8.61. The number of carbonyl (C=O) groups is 4. The molecule has 0 aromatic rings. The number of esters is 4. The lowest BCUT2D eigenvalue weighted by atomic mass is 9.87. The first-order valence-corrected chi connectivity index (χ1v) is 14.3. The largest absolute Gasteiger partial charge is 0.480 e. The van der Waals surface area contributed by atoms with E-state index in [1.54, 1.807) is 18.2 Å². The second kappa shape index (κ2) is 12.3. The molecule has 5 rings (SSSR count). The van der Waals surface area contributed by atoms with Crippen LogP contribution in [0.25, 0.3) is 0 Å². The van der Waals surface area contributed by atoms with Crippen LogP contribution in [0.4, 0.5) is 0 Å². The molecule has 5 aliphatic rings. The summed E-state index contributed by atoms with van der Waals surface area (Å²) in [6, 6.07) is 0. The summed E-state index contributed by atoms with van der Waals surface area (Å²) in [5, 5.41) is 20.6. The average molecular weight is 609 g/mol. The molecule has 232 valence electrons. The van der Waals surface area contributed by atoms with Gasteiger partial charge in [0.05, 0.1) is 0 Å². The van der Waals surface area contributed by atoms with Crippen LogP contribution in [0.2, 0.25) is 0 Å². The first kappa shape index (κ1) is 30.5. The third-order valence-electron chi connectivity index (χ3n) is 7.78. The van der Waals surface area contributed by atoms with E-state index in [4.69, 9.17) is 28.4 Å². The molecule has 0 aromatic heterocycles. The van der Waals surface area contributed by atoms with Crippen LogP contribution in [0.15, 0.2) is 95.9 Å². The smallest absolute Gasteiger partial charge is 0.348 e. The predicted octanol–water partition coefficient (Wildman–Crippen LogP) is 4.74. The van der Waals surface area contributed by atoms with E-state index in [2.05, 4.69) is 6.58 Å². The van der Waals surface area contributed by atoms with Gasteiger partial charge in [-0.1, -0.05) is 55.5 Å². The van der Waals surface area contributed by atoms with E-state index in [0.29, 0.717) is 12.8 Å². The van der Waals surface area contributed by atoms with Crippen LogP contribution in [0.1, 0.15) is 57.8 Å². The molecule has 3 aliphatic heterocycles. The highest BCUT2D eigenvalue weighted by molar-refractivity contribution is 6.15. The van der Waals surface area contributed by atoms with Crippen molar-refractivity contribution in [2.45, 2.75) is 75.1 Å². The fourth-order valence-corrected chi connectivity index (χ4v) is 5.47. The summed E-state index contributed by atoms with van der Waals surface area (Å²) < 4.78 is 33.0. The number of carbonyl (C=O) groups excluding carboxylic acids is 4. The highest BCUT2D eigenvalue weighted by Gasteiger charge is 2.56. The monoisotopic (exact) mass is 608 g/mol. The van der Waals surface area contributed by atoms with Crippen molar-refractivity contribution in [1.29, 1.82) is 0 Å². The SMILES string of the molecule is C=C/C=C/C=C/C1=C(O)OC2(CCC3(CC2)OC(=O)C(=C/C=C/C=C/C2=C(O)OC4(CCCCC4)OC2=O)C(=O)O3)OC1=O. The Morgan fingerprint density at radius 3 is 1.43 bits per heavy atom. The van der Waals surface area contributed by atoms with Gasteiger partial charge in [0.1, 0.15) is 16.7 Å². The second-order valence-electron chi connectivity index (χ2n) is 10.8. The van der Waals surface area contributed by atoms with E-state index in [0.717, 1.165) is 19.3 Å². The highest BCUT2D eigenvalue weighted by Crippen LogP contribution is 2.46. The van der Waals surface area contributed by atoms with Crippen LogP contribution in [0.3, 0.4) is 0 Å². The van der Waals surface area contributed by atoms with Gasteiger partial charge < -0.3 is 38.6 Å². The van der Waals surface area contributed by atoms with Crippen molar-refractivity contribution in [1.82, 2.24) is 0 Å². The topological polar surface area (TPSA) is 164 Å². The zero-order chi connectivity index (χ0) is 31.4. The fourth-order valence-electron chi connectivity index (χ4n) is 5.47. The molecule has 12 heteroatoms. The van der Waals surface area contributed by atoms with Crippen molar-refractivity contribution in [3.05, 3.63) is 95.9 Å². The van der Waals surface area contributed by atoms with Gasteiger partial charge in [-0.05, 0) is 31.1 Å². The molecule has 1 saturated heterocycles. The summed E-state index contributed by atoms with van der Waals surface area (Å²) in [4.78, 5) is 50.5. The quantitative estimate of drug-likeness (QED) is 0.140. The molecule has 0 bridgehead atoms. The standard InChI is InChI=1S/C32H32O12/c1-2-3-4-7-12-21-26(35)41-31(42-27(21)36)17-19-32(20-18-31)43-28(37)23(29(38)44-32)14-9-5-8-13-22-24(33)39-30(40-25(22)34)15-10-6-11-16-30/h2-5,7-9,12-14,33,35H,1,6,10-11,15-20H2/b4-3+,9-5+,12-7+,13-8+,23-14?. The van der Waals surface area contributed by atoms with Crippen LogP contribution < -0.4 is 0 Å². The molecular formula is C32H32O12. The molecule has 2 aliphatic carbocycles. The summed E-state index contributed by atoms with van der Waals surface area (Å²) >= 11 is 0. The van der Waals surface area contributed by atoms with Crippen molar-refractivity contribution in [3.8, 4) is 0 Å². The molecule has 0 amide bonds. The Bertz CT molecular complexity index is 1430. The average Bonchev–Trinajstić information content (AvgIpc) is 2.97. The van der Waals surface area contributed by atoms with Crippen molar-refractivity contribution in [3.63, 3.8) is 0 Å². The highest BCUT2D eigenvalue weighted by atomic mass is 16.8. The minimum atomic E-state index is -1.58. The Morgan fingerprint density at radius 2 is 0.955 bits per heavy atom. The second-order valence-corrected chi connectivity index (χ2v) is 10.8. The molecule has 0 radical (unpaired) electrons. The molecule has 3 fully saturated rings. The molecule has 2 N–H and O–H groups in total. The number of hydrogen-bond donors (Lipinski definition) is 2. The predicted molar refractivity (Wildman–Crippen MR) is 150 cm³/mol. The van der Waals surface area contributed by atoms with Crippen LogP contribution in [-0.2, 0) is 47.6 Å². The van der Waals surface area contributed by atoms with Crippen molar-refractivity contribution < 1.29 is 57.8 Å². The fraction of sp³-hybridized carbons (Fsp3) is 0.375. The zero-order valence-electron chi connectivity index (χ0n) is 23.8. The Labute approximate surface area is 252 Å². The number of rotatable bonds is 6. The maximum absolute atomic E-state index is 12.7. The molecule has 0 aromatic carbocycles. The van der Waals surface area contributed by atoms with Gasteiger partial charge in [-0.25, -0.2) is 19.2 Å². The Kier molecular flexibility index (Phi) is 8.52. The van der Waals surface area contributed by atoms with Gasteiger partial charge in [-0.15, -0.1) is 0 Å².